The minimum absolute atomic E-state index is 0.00338. The van der Waals surface area contributed by atoms with Gasteiger partial charge in [0.05, 0.1) is 0 Å². The Hall–Kier alpha value is -1.64. The van der Waals surface area contributed by atoms with Gasteiger partial charge < -0.3 is 0 Å². The van der Waals surface area contributed by atoms with E-state index in [1.165, 1.54) is 0 Å². The van der Waals surface area contributed by atoms with Gasteiger partial charge >= 0.3 is 0 Å². The van der Waals surface area contributed by atoms with Crippen molar-refractivity contribution in [2.75, 3.05) is 0 Å². The van der Waals surface area contributed by atoms with Gasteiger partial charge in [-0.15, -0.1) is 0 Å². The first-order chi connectivity index (χ1) is 7.11. The number of rotatable bonds is 1. The van der Waals surface area contributed by atoms with Crippen molar-refractivity contribution in [3.63, 3.8) is 0 Å². The predicted molar refractivity (Wildman–Crippen MR) is 60.3 cm³/mol. The fraction of sp³-hybridized carbons (Fsp3) is 0.333. The number of hydrogen-bond donors (Lipinski definition) is 0. The van der Waals surface area contributed by atoms with Gasteiger partial charge in [-0.1, -0.05) is 13.0 Å². The molecule has 78 valence electrons. The van der Waals surface area contributed by atoms with Crippen LogP contribution in [0.4, 0.5) is 0 Å². The average Bonchev–Trinajstić information content (AvgIpc) is 2.19. The van der Waals surface area contributed by atoms with Crippen molar-refractivity contribution in [1.29, 1.82) is 0 Å². The van der Waals surface area contributed by atoms with Gasteiger partial charge in [0.25, 0.3) is 5.56 Å². The maximum atomic E-state index is 11.8. The fourth-order valence-electron chi connectivity index (χ4n) is 1.77. The third-order valence-electron chi connectivity index (χ3n) is 2.50. The van der Waals surface area contributed by atoms with Crippen molar-refractivity contribution in [2.45, 2.75) is 27.2 Å². The molecule has 2 rings (SSSR count). The lowest BCUT2D eigenvalue weighted by molar-refractivity contribution is 0.952. The van der Waals surface area contributed by atoms with Crippen LogP contribution in [0.3, 0.4) is 0 Å². The molecule has 0 radical (unpaired) electrons. The third kappa shape index (κ3) is 1.65. The van der Waals surface area contributed by atoms with Gasteiger partial charge in [0.2, 0.25) is 0 Å². The van der Waals surface area contributed by atoms with Crippen LogP contribution in [-0.4, -0.2) is 9.38 Å². The molecule has 0 bridgehead atoms. The lowest BCUT2D eigenvalue weighted by Gasteiger charge is -2.06. The van der Waals surface area contributed by atoms with Crippen LogP contribution in [0.2, 0.25) is 0 Å². The molecule has 0 N–H and O–H groups in total. The Morgan fingerprint density at radius 3 is 2.73 bits per heavy atom. The molecule has 0 aliphatic heterocycles. The summed E-state index contributed by atoms with van der Waals surface area (Å²) < 4.78 is 1.61. The summed E-state index contributed by atoms with van der Waals surface area (Å²) in [7, 11) is 0. The van der Waals surface area contributed by atoms with Crippen LogP contribution in [-0.2, 0) is 6.42 Å². The molecule has 3 nitrogen and oxygen atoms in total. The van der Waals surface area contributed by atoms with E-state index in [1.54, 1.807) is 10.5 Å². The average molecular weight is 202 g/mol. The number of fused-ring (bicyclic) bond motifs is 1. The van der Waals surface area contributed by atoms with Crippen LogP contribution < -0.4 is 5.56 Å². The summed E-state index contributed by atoms with van der Waals surface area (Å²) in [6, 6.07) is 3.65. The molecule has 0 aromatic carbocycles. The van der Waals surface area contributed by atoms with Gasteiger partial charge in [0.1, 0.15) is 5.65 Å². The van der Waals surface area contributed by atoms with Gasteiger partial charge in [-0.25, -0.2) is 4.98 Å². The summed E-state index contributed by atoms with van der Waals surface area (Å²) in [5, 5.41) is 0. The van der Waals surface area contributed by atoms with Gasteiger partial charge in [-0.2, -0.15) is 0 Å². The van der Waals surface area contributed by atoms with Crippen LogP contribution >= 0.6 is 0 Å². The second kappa shape index (κ2) is 3.50. The Kier molecular flexibility index (Phi) is 2.31. The first-order valence-electron chi connectivity index (χ1n) is 5.11. The Balaban J connectivity index is 2.91. The van der Waals surface area contributed by atoms with E-state index < -0.39 is 0 Å². The number of aromatic nitrogens is 2. The maximum absolute atomic E-state index is 11.8. The summed E-state index contributed by atoms with van der Waals surface area (Å²) in [6.07, 6.45) is 2.62. The molecule has 0 saturated carbocycles. The highest BCUT2D eigenvalue weighted by atomic mass is 16.1. The zero-order chi connectivity index (χ0) is 11.0. The van der Waals surface area contributed by atoms with E-state index in [1.807, 2.05) is 33.0 Å². The molecule has 0 spiro atoms. The number of aryl methyl sites for hydroxylation is 3. The van der Waals surface area contributed by atoms with Crippen molar-refractivity contribution in [1.82, 2.24) is 9.38 Å². The highest BCUT2D eigenvalue weighted by Gasteiger charge is 2.03. The molecule has 0 unspecified atom stereocenters. The molecule has 2 aromatic heterocycles. The van der Waals surface area contributed by atoms with Gasteiger partial charge in [0, 0.05) is 18.0 Å². The van der Waals surface area contributed by atoms with Crippen LogP contribution in [0.25, 0.3) is 5.65 Å². The first-order valence-corrected chi connectivity index (χ1v) is 5.11. The fourth-order valence-corrected chi connectivity index (χ4v) is 1.77. The molecule has 0 atom stereocenters. The lowest BCUT2D eigenvalue weighted by atomic mass is 10.2. The predicted octanol–water partition coefficient (Wildman–Crippen LogP) is 1.87. The van der Waals surface area contributed by atoms with Crippen molar-refractivity contribution in [3.05, 3.63) is 45.5 Å². The molecule has 0 amide bonds. The molecule has 3 heteroatoms. The Labute approximate surface area is 88.4 Å². The number of pyridine rings is 1. The molecule has 2 heterocycles. The zero-order valence-corrected chi connectivity index (χ0v) is 9.24. The van der Waals surface area contributed by atoms with E-state index in [0.29, 0.717) is 0 Å². The summed E-state index contributed by atoms with van der Waals surface area (Å²) in [5.74, 6) is 0. The van der Waals surface area contributed by atoms with Crippen molar-refractivity contribution >= 4 is 5.65 Å². The van der Waals surface area contributed by atoms with E-state index in [-0.39, 0.29) is 5.56 Å². The van der Waals surface area contributed by atoms with Crippen molar-refractivity contribution < 1.29 is 0 Å². The monoisotopic (exact) mass is 202 g/mol. The quantitative estimate of drug-likeness (QED) is 0.707. The minimum atomic E-state index is 0.00338. The molecule has 2 aromatic rings. The SMILES string of the molecule is CCc1cc(=O)n2cc(C)cc(C)c2n1. The molecule has 15 heavy (non-hydrogen) atoms. The smallest absolute Gasteiger partial charge is 0.258 e. The first kappa shape index (κ1) is 9.90. The summed E-state index contributed by atoms with van der Waals surface area (Å²) in [5.41, 5.74) is 3.75. The molecular formula is C12H14N2O. The zero-order valence-electron chi connectivity index (χ0n) is 9.24. The van der Waals surface area contributed by atoms with E-state index in [2.05, 4.69) is 4.98 Å². The normalized spacial score (nSPS) is 10.9. The van der Waals surface area contributed by atoms with Crippen LogP contribution in [0.5, 0.6) is 0 Å². The van der Waals surface area contributed by atoms with Gasteiger partial charge in [-0.05, 0) is 31.4 Å². The number of nitrogens with zero attached hydrogens (tertiary/aromatic N) is 2. The van der Waals surface area contributed by atoms with E-state index in [4.69, 9.17) is 0 Å². The van der Waals surface area contributed by atoms with E-state index in [0.717, 1.165) is 28.9 Å². The van der Waals surface area contributed by atoms with Crippen LogP contribution in [0, 0.1) is 13.8 Å². The minimum Gasteiger partial charge on any atom is -0.269 e. The van der Waals surface area contributed by atoms with Crippen LogP contribution in [0.1, 0.15) is 23.7 Å². The maximum Gasteiger partial charge on any atom is 0.258 e. The van der Waals surface area contributed by atoms with Gasteiger partial charge in [0.15, 0.2) is 0 Å². The van der Waals surface area contributed by atoms with Crippen molar-refractivity contribution in [3.8, 4) is 0 Å². The molecule has 0 aliphatic carbocycles. The van der Waals surface area contributed by atoms with Gasteiger partial charge in [-0.3, -0.25) is 9.20 Å². The Morgan fingerprint density at radius 1 is 1.33 bits per heavy atom. The van der Waals surface area contributed by atoms with E-state index >= 15 is 0 Å². The highest BCUT2D eigenvalue weighted by molar-refractivity contribution is 5.48. The Bertz CT molecular complexity index is 570. The highest BCUT2D eigenvalue weighted by Crippen LogP contribution is 2.09. The standard InChI is InChI=1S/C12H14N2O/c1-4-10-6-11(15)14-7-8(2)5-9(3)12(14)13-10/h5-7H,4H2,1-3H3. The van der Waals surface area contributed by atoms with Crippen LogP contribution in [0.15, 0.2) is 23.1 Å². The number of hydrogen-bond acceptors (Lipinski definition) is 2. The second-order valence-electron chi connectivity index (χ2n) is 3.83. The largest absolute Gasteiger partial charge is 0.269 e. The summed E-state index contributed by atoms with van der Waals surface area (Å²) in [4.78, 5) is 16.2. The lowest BCUT2D eigenvalue weighted by Crippen LogP contribution is -2.16. The molecule has 0 aliphatic rings. The summed E-state index contributed by atoms with van der Waals surface area (Å²) >= 11 is 0. The third-order valence-corrected chi connectivity index (χ3v) is 2.50. The molecule has 0 saturated heterocycles. The summed E-state index contributed by atoms with van der Waals surface area (Å²) in [6.45, 7) is 5.96. The van der Waals surface area contributed by atoms with E-state index in [9.17, 15) is 4.79 Å². The second-order valence-corrected chi connectivity index (χ2v) is 3.83. The van der Waals surface area contributed by atoms with Crippen molar-refractivity contribution in [2.24, 2.45) is 0 Å². The topological polar surface area (TPSA) is 34.4 Å². The molecular weight excluding hydrogens is 188 g/mol. The Morgan fingerprint density at radius 2 is 2.07 bits per heavy atom. The molecule has 0 fully saturated rings.